The number of amides is 2. The van der Waals surface area contributed by atoms with Gasteiger partial charge in [-0.3, -0.25) is 4.68 Å². The quantitative estimate of drug-likeness (QED) is 0.889. The van der Waals surface area contributed by atoms with Crippen LogP contribution in [0.25, 0.3) is 0 Å². The number of carbonyl (C=O) groups is 1. The number of likely N-dealkylation sites (tertiary alicyclic amines) is 1. The maximum Gasteiger partial charge on any atom is 0.317 e. The van der Waals surface area contributed by atoms with E-state index in [2.05, 4.69) is 30.5 Å². The molecule has 6 heteroatoms. The van der Waals surface area contributed by atoms with Gasteiger partial charge >= 0.3 is 6.03 Å². The Morgan fingerprint density at radius 1 is 1.32 bits per heavy atom. The van der Waals surface area contributed by atoms with Crippen molar-refractivity contribution in [1.29, 1.82) is 0 Å². The molecule has 2 fully saturated rings. The summed E-state index contributed by atoms with van der Waals surface area (Å²) >= 11 is 0. The third-order valence-corrected chi connectivity index (χ3v) is 5.75. The fourth-order valence-electron chi connectivity index (χ4n) is 4.02. The lowest BCUT2D eigenvalue weighted by molar-refractivity contribution is 0.0904. The monoisotopic (exact) mass is 348 g/mol. The minimum absolute atomic E-state index is 0.0502. The van der Waals surface area contributed by atoms with Gasteiger partial charge in [-0.25, -0.2) is 4.79 Å². The Balaban J connectivity index is 1.50. The normalized spacial score (nSPS) is 27.3. The van der Waals surface area contributed by atoms with Crippen molar-refractivity contribution < 1.29 is 9.53 Å². The Bertz CT molecular complexity index is 559. The molecule has 1 aromatic heterocycles. The molecule has 0 saturated carbocycles. The average molecular weight is 348 g/mol. The second-order valence-corrected chi connectivity index (χ2v) is 7.35. The first-order chi connectivity index (χ1) is 12.2. The van der Waals surface area contributed by atoms with Gasteiger partial charge in [-0.15, -0.1) is 0 Å². The Kier molecular flexibility index (Phi) is 6.34. The highest BCUT2D eigenvalue weighted by Crippen LogP contribution is 2.33. The Morgan fingerprint density at radius 3 is 2.96 bits per heavy atom. The number of ether oxygens (including phenoxy) is 1. The van der Waals surface area contributed by atoms with Crippen LogP contribution in [0.2, 0.25) is 0 Å². The van der Waals surface area contributed by atoms with E-state index in [4.69, 9.17) is 4.74 Å². The molecule has 1 N–H and O–H groups in total. The number of urea groups is 1. The van der Waals surface area contributed by atoms with E-state index in [0.717, 1.165) is 57.0 Å². The van der Waals surface area contributed by atoms with E-state index in [0.29, 0.717) is 12.5 Å². The van der Waals surface area contributed by atoms with Crippen molar-refractivity contribution >= 4 is 6.03 Å². The summed E-state index contributed by atoms with van der Waals surface area (Å²) in [5.41, 5.74) is 1.12. The average Bonchev–Trinajstić information content (AvgIpc) is 3.22. The van der Waals surface area contributed by atoms with Gasteiger partial charge in [0.15, 0.2) is 0 Å². The van der Waals surface area contributed by atoms with E-state index in [1.165, 1.54) is 12.8 Å². The fourth-order valence-corrected chi connectivity index (χ4v) is 4.02. The Hall–Kier alpha value is -1.56. The van der Waals surface area contributed by atoms with Gasteiger partial charge in [-0.2, -0.15) is 5.10 Å². The lowest BCUT2D eigenvalue weighted by Crippen LogP contribution is -2.42. The lowest BCUT2D eigenvalue weighted by atomic mass is 9.97. The van der Waals surface area contributed by atoms with E-state index in [1.807, 2.05) is 15.8 Å². The van der Waals surface area contributed by atoms with Crippen molar-refractivity contribution in [3.05, 3.63) is 18.0 Å². The Labute approximate surface area is 150 Å². The van der Waals surface area contributed by atoms with E-state index in [-0.39, 0.29) is 12.1 Å². The van der Waals surface area contributed by atoms with Gasteiger partial charge in [-0.1, -0.05) is 13.3 Å². The van der Waals surface area contributed by atoms with E-state index < -0.39 is 0 Å². The summed E-state index contributed by atoms with van der Waals surface area (Å²) in [6.45, 7) is 8.39. The second kappa shape index (κ2) is 8.70. The number of carbonyl (C=O) groups excluding carboxylic acids is 1. The molecule has 3 heterocycles. The molecule has 3 rings (SSSR count). The number of hydrogen-bond donors (Lipinski definition) is 1. The van der Waals surface area contributed by atoms with Crippen molar-refractivity contribution in [3.8, 4) is 0 Å². The van der Waals surface area contributed by atoms with E-state index in [1.54, 1.807) is 0 Å². The van der Waals surface area contributed by atoms with Gasteiger partial charge in [0.2, 0.25) is 0 Å². The van der Waals surface area contributed by atoms with Gasteiger partial charge < -0.3 is 15.0 Å². The maximum absolute atomic E-state index is 12.6. The molecular weight excluding hydrogens is 316 g/mol. The molecule has 0 unspecified atom stereocenters. The predicted molar refractivity (Wildman–Crippen MR) is 97.3 cm³/mol. The summed E-state index contributed by atoms with van der Waals surface area (Å²) in [4.78, 5) is 14.5. The van der Waals surface area contributed by atoms with Crippen LogP contribution in [0.1, 0.15) is 57.6 Å². The highest BCUT2D eigenvalue weighted by Gasteiger charge is 2.31. The molecule has 0 spiro atoms. The SMILES string of the molecule is CC[C@H]1CCCN(C(=O)NC[C@H]2CCO[C@@H]2c2cnn(CC)c2)CC1. The predicted octanol–water partition coefficient (Wildman–Crippen LogP) is 3.20. The summed E-state index contributed by atoms with van der Waals surface area (Å²) < 4.78 is 7.84. The molecule has 0 aromatic carbocycles. The van der Waals surface area contributed by atoms with Crippen LogP contribution >= 0.6 is 0 Å². The van der Waals surface area contributed by atoms with Crippen LogP contribution in [-0.4, -0.2) is 47.0 Å². The molecule has 6 nitrogen and oxygen atoms in total. The zero-order valence-electron chi connectivity index (χ0n) is 15.6. The van der Waals surface area contributed by atoms with Crippen molar-refractivity contribution in [2.24, 2.45) is 11.8 Å². The molecule has 0 bridgehead atoms. The zero-order valence-corrected chi connectivity index (χ0v) is 15.6. The minimum Gasteiger partial charge on any atom is -0.373 e. The van der Waals surface area contributed by atoms with Crippen LogP contribution in [0.15, 0.2) is 12.4 Å². The number of nitrogens with one attached hydrogen (secondary N) is 1. The van der Waals surface area contributed by atoms with Crippen molar-refractivity contribution in [2.75, 3.05) is 26.2 Å². The van der Waals surface area contributed by atoms with Crippen LogP contribution < -0.4 is 5.32 Å². The number of aryl methyl sites for hydroxylation is 1. The first-order valence-electron chi connectivity index (χ1n) is 9.88. The third kappa shape index (κ3) is 4.54. The van der Waals surface area contributed by atoms with Crippen LogP contribution in [-0.2, 0) is 11.3 Å². The third-order valence-electron chi connectivity index (χ3n) is 5.75. The molecule has 2 aliphatic rings. The topological polar surface area (TPSA) is 59.4 Å². The van der Waals surface area contributed by atoms with Crippen molar-refractivity contribution in [1.82, 2.24) is 20.0 Å². The molecule has 2 aliphatic heterocycles. The van der Waals surface area contributed by atoms with Crippen LogP contribution in [0.5, 0.6) is 0 Å². The summed E-state index contributed by atoms with van der Waals surface area (Å²) in [5.74, 6) is 1.11. The number of hydrogen-bond acceptors (Lipinski definition) is 3. The summed E-state index contributed by atoms with van der Waals surface area (Å²) in [6.07, 6.45) is 9.72. The largest absolute Gasteiger partial charge is 0.373 e. The molecule has 1 aromatic rings. The van der Waals surface area contributed by atoms with Crippen LogP contribution in [0.4, 0.5) is 4.79 Å². The highest BCUT2D eigenvalue weighted by molar-refractivity contribution is 5.74. The molecule has 3 atom stereocenters. The maximum atomic E-state index is 12.6. The van der Waals surface area contributed by atoms with Gasteiger partial charge in [0.05, 0.1) is 12.3 Å². The van der Waals surface area contributed by atoms with Gasteiger partial charge in [0.1, 0.15) is 0 Å². The molecule has 25 heavy (non-hydrogen) atoms. The molecule has 0 aliphatic carbocycles. The summed E-state index contributed by atoms with van der Waals surface area (Å²) in [6, 6.07) is 0.0895. The van der Waals surface area contributed by atoms with Crippen molar-refractivity contribution in [3.63, 3.8) is 0 Å². The van der Waals surface area contributed by atoms with Gasteiger partial charge in [-0.05, 0) is 38.5 Å². The van der Waals surface area contributed by atoms with Gasteiger partial charge in [0, 0.05) is 50.5 Å². The first-order valence-corrected chi connectivity index (χ1v) is 9.88. The van der Waals surface area contributed by atoms with Crippen molar-refractivity contribution in [2.45, 2.75) is 58.6 Å². The number of nitrogens with zero attached hydrogens (tertiary/aromatic N) is 3. The molecular formula is C19H32N4O2. The van der Waals surface area contributed by atoms with E-state index >= 15 is 0 Å². The minimum atomic E-state index is 0.0502. The molecule has 140 valence electrons. The Morgan fingerprint density at radius 2 is 2.20 bits per heavy atom. The molecule has 2 amide bonds. The van der Waals surface area contributed by atoms with E-state index in [9.17, 15) is 4.79 Å². The lowest BCUT2D eigenvalue weighted by Gasteiger charge is -2.23. The second-order valence-electron chi connectivity index (χ2n) is 7.35. The fraction of sp³-hybridized carbons (Fsp3) is 0.789. The standard InChI is InChI=1S/C19H32N4O2/c1-3-15-6-5-9-22(10-7-15)19(24)20-12-16-8-11-25-18(16)17-13-21-23(4-2)14-17/h13-16,18H,3-12H2,1-2H3,(H,20,24)/t15-,16+,18-/m0/s1. The van der Waals surface area contributed by atoms with Crippen LogP contribution in [0.3, 0.4) is 0 Å². The number of rotatable bonds is 5. The highest BCUT2D eigenvalue weighted by atomic mass is 16.5. The number of aromatic nitrogens is 2. The summed E-state index contributed by atoms with van der Waals surface area (Å²) in [7, 11) is 0. The van der Waals surface area contributed by atoms with Crippen LogP contribution in [0, 0.1) is 11.8 Å². The smallest absolute Gasteiger partial charge is 0.317 e. The summed E-state index contributed by atoms with van der Waals surface area (Å²) in [5, 5.41) is 7.50. The zero-order chi connectivity index (χ0) is 17.6. The molecule has 2 saturated heterocycles. The molecule has 0 radical (unpaired) electrons. The van der Waals surface area contributed by atoms with Gasteiger partial charge in [0.25, 0.3) is 0 Å². The first kappa shape index (κ1) is 18.2.